The molecule has 1 aromatic carbocycles. The summed E-state index contributed by atoms with van der Waals surface area (Å²) < 4.78 is 52.7. The predicted octanol–water partition coefficient (Wildman–Crippen LogP) is 2.14. The normalized spacial score (nSPS) is 13.2. The van der Waals surface area contributed by atoms with Crippen LogP contribution in [-0.2, 0) is 11.0 Å². The van der Waals surface area contributed by atoms with E-state index >= 15 is 0 Å². The number of carbonyl (C=O) groups is 1. The molecule has 0 aliphatic carbocycles. The first-order valence-corrected chi connectivity index (χ1v) is 5.60. The quantitative estimate of drug-likeness (QED) is 0.879. The summed E-state index contributed by atoms with van der Waals surface area (Å²) in [4.78, 5) is 10.9. The number of alkyl halides is 3. The molecular formula is C11H8F4N4O2. The van der Waals surface area contributed by atoms with Gasteiger partial charge in [-0.3, -0.25) is 0 Å². The Hall–Kier alpha value is -2.52. The molecule has 0 saturated carbocycles. The zero-order valence-electron chi connectivity index (χ0n) is 10.5. The zero-order valence-corrected chi connectivity index (χ0v) is 10.5. The Labute approximate surface area is 115 Å². The predicted molar refractivity (Wildman–Crippen MR) is 60.6 cm³/mol. The molecule has 1 aromatic heterocycles. The van der Waals surface area contributed by atoms with Crippen LogP contribution in [0.3, 0.4) is 0 Å². The smallest absolute Gasteiger partial charge is 0.419 e. The number of nitrogens with zero attached hydrogens (tertiary/aromatic N) is 4. The van der Waals surface area contributed by atoms with Crippen LogP contribution in [0.15, 0.2) is 18.2 Å². The number of benzene rings is 1. The third-order valence-electron chi connectivity index (χ3n) is 2.76. The SMILES string of the molecule is CC(C(=O)O)n1nnnc1-c1cccc(C(F)(F)F)c1F. The fraction of sp³-hybridized carbons (Fsp3) is 0.273. The van der Waals surface area contributed by atoms with Crippen molar-refractivity contribution in [3.63, 3.8) is 0 Å². The van der Waals surface area contributed by atoms with Crippen molar-refractivity contribution in [1.82, 2.24) is 20.2 Å². The number of rotatable bonds is 3. The van der Waals surface area contributed by atoms with Gasteiger partial charge in [0.1, 0.15) is 5.82 Å². The van der Waals surface area contributed by atoms with Crippen molar-refractivity contribution in [3.8, 4) is 11.4 Å². The number of aliphatic carboxylic acids is 1. The molecule has 0 bridgehead atoms. The molecule has 2 rings (SSSR count). The van der Waals surface area contributed by atoms with Crippen LogP contribution < -0.4 is 0 Å². The van der Waals surface area contributed by atoms with Crippen molar-refractivity contribution < 1.29 is 27.5 Å². The summed E-state index contributed by atoms with van der Waals surface area (Å²) in [5.74, 6) is -3.26. The number of hydrogen-bond donors (Lipinski definition) is 1. The van der Waals surface area contributed by atoms with E-state index in [1.165, 1.54) is 6.92 Å². The van der Waals surface area contributed by atoms with Gasteiger partial charge in [-0.1, -0.05) is 6.07 Å². The van der Waals surface area contributed by atoms with Gasteiger partial charge in [0.15, 0.2) is 11.9 Å². The van der Waals surface area contributed by atoms with E-state index in [-0.39, 0.29) is 0 Å². The van der Waals surface area contributed by atoms with Crippen LogP contribution >= 0.6 is 0 Å². The van der Waals surface area contributed by atoms with Crippen molar-refractivity contribution in [2.24, 2.45) is 0 Å². The van der Waals surface area contributed by atoms with Crippen LogP contribution in [0.4, 0.5) is 17.6 Å². The third kappa shape index (κ3) is 2.69. The maximum absolute atomic E-state index is 14.0. The minimum absolute atomic E-state index is 0.395. The molecule has 0 amide bonds. The standard InChI is InChI=1S/C11H8F4N4O2/c1-5(10(20)21)19-9(16-17-18-19)6-3-2-4-7(8(6)12)11(13,14)15/h2-5H,1H3,(H,20,21). The molecule has 6 nitrogen and oxygen atoms in total. The second-order valence-corrected chi connectivity index (χ2v) is 4.13. The molecule has 2 aromatic rings. The summed E-state index contributed by atoms with van der Waals surface area (Å²) in [7, 11) is 0. The van der Waals surface area contributed by atoms with Gasteiger partial charge in [-0.15, -0.1) is 5.10 Å². The summed E-state index contributed by atoms with van der Waals surface area (Å²) in [5.41, 5.74) is -2.00. The monoisotopic (exact) mass is 304 g/mol. The van der Waals surface area contributed by atoms with E-state index in [1.807, 2.05) is 0 Å². The molecule has 0 aliphatic rings. The van der Waals surface area contributed by atoms with E-state index in [1.54, 1.807) is 0 Å². The Morgan fingerprint density at radius 2 is 2.05 bits per heavy atom. The van der Waals surface area contributed by atoms with Crippen molar-refractivity contribution in [2.75, 3.05) is 0 Å². The lowest BCUT2D eigenvalue weighted by atomic mass is 10.1. The van der Waals surface area contributed by atoms with E-state index in [0.717, 1.165) is 16.8 Å². The first-order valence-electron chi connectivity index (χ1n) is 5.60. The van der Waals surface area contributed by atoms with Crippen molar-refractivity contribution >= 4 is 5.97 Å². The molecule has 0 aliphatic heterocycles. The van der Waals surface area contributed by atoms with Gasteiger partial charge in [0.2, 0.25) is 0 Å². The van der Waals surface area contributed by atoms with E-state index < -0.39 is 41.0 Å². The minimum Gasteiger partial charge on any atom is -0.480 e. The first-order chi connectivity index (χ1) is 9.73. The highest BCUT2D eigenvalue weighted by atomic mass is 19.4. The lowest BCUT2D eigenvalue weighted by Crippen LogP contribution is -2.18. The molecule has 1 N–H and O–H groups in total. The highest BCUT2D eigenvalue weighted by Crippen LogP contribution is 2.35. The summed E-state index contributed by atoms with van der Waals surface area (Å²) in [5, 5.41) is 18.9. The van der Waals surface area contributed by atoms with Crippen LogP contribution in [0.1, 0.15) is 18.5 Å². The lowest BCUT2D eigenvalue weighted by Gasteiger charge is -2.12. The Bertz CT molecular complexity index is 683. The van der Waals surface area contributed by atoms with E-state index in [9.17, 15) is 22.4 Å². The highest BCUT2D eigenvalue weighted by molar-refractivity contribution is 5.72. The Morgan fingerprint density at radius 1 is 1.38 bits per heavy atom. The molecule has 1 heterocycles. The van der Waals surface area contributed by atoms with Gasteiger partial charge in [-0.05, 0) is 29.5 Å². The lowest BCUT2D eigenvalue weighted by molar-refractivity contribution is -0.141. The van der Waals surface area contributed by atoms with Gasteiger partial charge >= 0.3 is 12.1 Å². The average molecular weight is 304 g/mol. The molecule has 1 unspecified atom stereocenters. The number of aromatic nitrogens is 4. The first kappa shape index (κ1) is 14.9. The molecule has 112 valence electrons. The van der Waals surface area contributed by atoms with E-state index in [2.05, 4.69) is 15.5 Å². The van der Waals surface area contributed by atoms with Gasteiger partial charge in [0.05, 0.1) is 11.1 Å². The summed E-state index contributed by atoms with van der Waals surface area (Å²) in [6.07, 6.45) is -4.88. The second-order valence-electron chi connectivity index (χ2n) is 4.13. The van der Waals surface area contributed by atoms with Crippen LogP contribution in [-0.4, -0.2) is 31.3 Å². The molecule has 0 radical (unpaired) electrons. The fourth-order valence-electron chi connectivity index (χ4n) is 1.66. The third-order valence-corrected chi connectivity index (χ3v) is 2.76. The van der Waals surface area contributed by atoms with Crippen molar-refractivity contribution in [1.29, 1.82) is 0 Å². The molecule has 0 spiro atoms. The van der Waals surface area contributed by atoms with Gasteiger partial charge in [-0.2, -0.15) is 13.2 Å². The topological polar surface area (TPSA) is 80.9 Å². The van der Waals surface area contributed by atoms with E-state index in [4.69, 9.17) is 5.11 Å². The summed E-state index contributed by atoms with van der Waals surface area (Å²) >= 11 is 0. The van der Waals surface area contributed by atoms with Crippen molar-refractivity contribution in [3.05, 3.63) is 29.6 Å². The van der Waals surface area contributed by atoms with Gasteiger partial charge < -0.3 is 5.11 Å². The molecule has 21 heavy (non-hydrogen) atoms. The molecule has 0 saturated heterocycles. The fourth-order valence-corrected chi connectivity index (χ4v) is 1.66. The Balaban J connectivity index is 2.60. The Morgan fingerprint density at radius 3 is 2.62 bits per heavy atom. The van der Waals surface area contributed by atoms with Crippen LogP contribution in [0, 0.1) is 5.82 Å². The molecular weight excluding hydrogens is 296 g/mol. The van der Waals surface area contributed by atoms with Gasteiger partial charge in [0, 0.05) is 0 Å². The number of tetrazole rings is 1. The number of hydrogen-bond acceptors (Lipinski definition) is 4. The molecule has 1 atom stereocenters. The maximum Gasteiger partial charge on any atom is 0.419 e. The summed E-state index contributed by atoms with van der Waals surface area (Å²) in [6, 6.07) is 1.35. The molecule has 0 fully saturated rings. The highest BCUT2D eigenvalue weighted by Gasteiger charge is 2.36. The second kappa shape index (κ2) is 5.11. The largest absolute Gasteiger partial charge is 0.480 e. The van der Waals surface area contributed by atoms with Crippen LogP contribution in [0.2, 0.25) is 0 Å². The van der Waals surface area contributed by atoms with Crippen LogP contribution in [0.25, 0.3) is 11.4 Å². The van der Waals surface area contributed by atoms with Crippen molar-refractivity contribution in [2.45, 2.75) is 19.1 Å². The molecule has 10 heteroatoms. The number of carboxylic acids is 1. The Kier molecular flexibility index (Phi) is 3.62. The maximum atomic E-state index is 14.0. The number of carboxylic acid groups (broad SMARTS) is 1. The van der Waals surface area contributed by atoms with Gasteiger partial charge in [-0.25, -0.2) is 13.9 Å². The minimum atomic E-state index is -4.88. The van der Waals surface area contributed by atoms with Gasteiger partial charge in [0.25, 0.3) is 0 Å². The average Bonchev–Trinajstić information content (AvgIpc) is 2.85. The number of halogens is 4. The zero-order chi connectivity index (χ0) is 15.8. The van der Waals surface area contributed by atoms with Crippen LogP contribution in [0.5, 0.6) is 0 Å². The van der Waals surface area contributed by atoms with E-state index in [0.29, 0.717) is 6.07 Å². The summed E-state index contributed by atoms with van der Waals surface area (Å²) in [6.45, 7) is 1.22.